The maximum Gasteiger partial charge on any atom is 0.0477 e. The fourth-order valence-electron chi connectivity index (χ4n) is 2.04. The Hall–Kier alpha value is -0.380. The molecule has 0 amide bonds. The molecule has 1 aromatic rings. The Morgan fingerprint density at radius 2 is 2.36 bits per heavy atom. The highest BCUT2D eigenvalue weighted by atomic mass is 79.9. The van der Waals surface area contributed by atoms with Crippen LogP contribution in [-0.4, -0.2) is 18.3 Å². The van der Waals surface area contributed by atoms with Crippen molar-refractivity contribution in [2.24, 2.45) is 5.92 Å². The third-order valence-corrected chi connectivity index (χ3v) is 3.29. The topological polar surface area (TPSA) is 32.3 Å². The third-order valence-electron chi connectivity index (χ3n) is 2.79. The second kappa shape index (κ2) is 4.43. The van der Waals surface area contributed by atoms with Crippen LogP contribution in [0.2, 0.25) is 0 Å². The molecule has 1 fully saturated rings. The molecule has 2 nitrogen and oxygen atoms in total. The third kappa shape index (κ3) is 2.00. The van der Waals surface area contributed by atoms with Crippen LogP contribution in [0.25, 0.3) is 0 Å². The van der Waals surface area contributed by atoms with Gasteiger partial charge in [0.25, 0.3) is 0 Å². The van der Waals surface area contributed by atoms with Crippen molar-refractivity contribution < 1.29 is 5.11 Å². The normalized spacial score (nSPS) is 26.7. The number of hydrogen-bond donors (Lipinski definition) is 2. The van der Waals surface area contributed by atoms with Crippen LogP contribution in [0.4, 0.5) is 0 Å². The summed E-state index contributed by atoms with van der Waals surface area (Å²) in [6.45, 7) is 1.27. The molecule has 1 aliphatic rings. The molecule has 0 bridgehead atoms. The van der Waals surface area contributed by atoms with Gasteiger partial charge in [0, 0.05) is 23.0 Å². The minimum Gasteiger partial charge on any atom is -0.396 e. The summed E-state index contributed by atoms with van der Waals surface area (Å²) in [5.74, 6) is 0.365. The summed E-state index contributed by atoms with van der Waals surface area (Å²) < 4.78 is 1.10. The fraction of sp³-hybridized carbons (Fsp3) is 0.455. The second-order valence-corrected chi connectivity index (χ2v) is 4.63. The summed E-state index contributed by atoms with van der Waals surface area (Å²) in [5.41, 5.74) is 1.26. The summed E-state index contributed by atoms with van der Waals surface area (Å²) in [5, 5.41) is 12.6. The highest BCUT2D eigenvalue weighted by Crippen LogP contribution is 2.30. The lowest BCUT2D eigenvalue weighted by Crippen LogP contribution is -2.19. The lowest BCUT2D eigenvalue weighted by atomic mass is 9.95. The van der Waals surface area contributed by atoms with Crippen LogP contribution in [0.3, 0.4) is 0 Å². The molecule has 0 aliphatic carbocycles. The van der Waals surface area contributed by atoms with E-state index >= 15 is 0 Å². The number of aliphatic hydroxyl groups is 1. The average molecular weight is 256 g/mol. The first-order valence-electron chi connectivity index (χ1n) is 4.91. The fourth-order valence-corrected chi connectivity index (χ4v) is 2.46. The maximum atomic E-state index is 9.22. The predicted molar refractivity (Wildman–Crippen MR) is 60.1 cm³/mol. The Morgan fingerprint density at radius 1 is 1.50 bits per heavy atom. The van der Waals surface area contributed by atoms with E-state index in [9.17, 15) is 5.11 Å². The Balaban J connectivity index is 2.21. The van der Waals surface area contributed by atoms with Crippen molar-refractivity contribution >= 4 is 15.9 Å². The van der Waals surface area contributed by atoms with Gasteiger partial charge in [-0.05, 0) is 30.7 Å². The van der Waals surface area contributed by atoms with Crippen molar-refractivity contribution in [2.75, 3.05) is 13.2 Å². The zero-order valence-corrected chi connectivity index (χ0v) is 9.50. The average Bonchev–Trinajstić information content (AvgIpc) is 2.65. The molecule has 0 aromatic heterocycles. The van der Waals surface area contributed by atoms with Gasteiger partial charge in [0.05, 0.1) is 0 Å². The quantitative estimate of drug-likeness (QED) is 0.849. The maximum absolute atomic E-state index is 9.22. The first-order chi connectivity index (χ1) is 6.81. The Labute approximate surface area is 92.5 Å². The summed E-state index contributed by atoms with van der Waals surface area (Å²) >= 11 is 3.46. The molecule has 14 heavy (non-hydrogen) atoms. The van der Waals surface area contributed by atoms with Crippen LogP contribution in [-0.2, 0) is 0 Å². The van der Waals surface area contributed by atoms with E-state index in [1.54, 1.807) is 0 Å². The lowest BCUT2D eigenvalue weighted by molar-refractivity contribution is 0.214. The Kier molecular flexibility index (Phi) is 3.21. The summed E-state index contributed by atoms with van der Waals surface area (Å²) in [6, 6.07) is 8.60. The highest BCUT2D eigenvalue weighted by molar-refractivity contribution is 9.10. The molecule has 2 unspecified atom stereocenters. The van der Waals surface area contributed by atoms with Crippen LogP contribution in [0.5, 0.6) is 0 Å². The lowest BCUT2D eigenvalue weighted by Gasteiger charge is -2.17. The molecule has 1 aliphatic heterocycles. The van der Waals surface area contributed by atoms with Crippen LogP contribution in [0.1, 0.15) is 18.0 Å². The molecule has 2 rings (SSSR count). The van der Waals surface area contributed by atoms with Crippen LogP contribution in [0, 0.1) is 5.92 Å². The Morgan fingerprint density at radius 3 is 3.07 bits per heavy atom. The van der Waals surface area contributed by atoms with Crippen molar-refractivity contribution in [2.45, 2.75) is 12.5 Å². The molecule has 1 heterocycles. The van der Waals surface area contributed by atoms with E-state index in [4.69, 9.17) is 0 Å². The summed E-state index contributed by atoms with van der Waals surface area (Å²) in [6.07, 6.45) is 1.06. The van der Waals surface area contributed by atoms with Gasteiger partial charge >= 0.3 is 0 Å². The molecule has 0 saturated carbocycles. The van der Waals surface area contributed by atoms with E-state index in [0.717, 1.165) is 17.4 Å². The first kappa shape index (κ1) is 10.1. The van der Waals surface area contributed by atoms with Crippen molar-refractivity contribution in [1.29, 1.82) is 0 Å². The van der Waals surface area contributed by atoms with E-state index in [-0.39, 0.29) is 6.61 Å². The van der Waals surface area contributed by atoms with E-state index in [2.05, 4.69) is 33.4 Å². The molecule has 0 spiro atoms. The number of rotatable bonds is 2. The smallest absolute Gasteiger partial charge is 0.0477 e. The van der Waals surface area contributed by atoms with Gasteiger partial charge < -0.3 is 10.4 Å². The molecule has 76 valence electrons. The zero-order valence-electron chi connectivity index (χ0n) is 7.91. The standard InChI is InChI=1S/C11H14BrNO/c12-10-3-1-2-8(6-10)11-9(7-14)4-5-13-11/h1-3,6,9,11,13-14H,4-5,7H2. The van der Waals surface area contributed by atoms with Crippen molar-refractivity contribution in [3.8, 4) is 0 Å². The van der Waals surface area contributed by atoms with Gasteiger partial charge in [-0.3, -0.25) is 0 Å². The summed E-state index contributed by atoms with van der Waals surface area (Å²) in [4.78, 5) is 0. The van der Waals surface area contributed by atoms with Crippen LogP contribution in [0.15, 0.2) is 28.7 Å². The zero-order chi connectivity index (χ0) is 9.97. The van der Waals surface area contributed by atoms with E-state index in [1.165, 1.54) is 5.56 Å². The largest absolute Gasteiger partial charge is 0.396 e. The molecule has 1 saturated heterocycles. The highest BCUT2D eigenvalue weighted by Gasteiger charge is 2.27. The van der Waals surface area contributed by atoms with Gasteiger partial charge in [-0.25, -0.2) is 0 Å². The minimum absolute atomic E-state index is 0.268. The number of hydrogen-bond acceptors (Lipinski definition) is 2. The predicted octanol–water partition coefficient (Wildman–Crippen LogP) is 2.09. The van der Waals surface area contributed by atoms with Crippen molar-refractivity contribution in [1.82, 2.24) is 5.32 Å². The van der Waals surface area contributed by atoms with Gasteiger partial charge in [0.2, 0.25) is 0 Å². The van der Waals surface area contributed by atoms with Crippen molar-refractivity contribution in [3.63, 3.8) is 0 Å². The first-order valence-corrected chi connectivity index (χ1v) is 5.70. The van der Waals surface area contributed by atoms with E-state index < -0.39 is 0 Å². The van der Waals surface area contributed by atoms with Crippen LogP contribution < -0.4 is 5.32 Å². The van der Waals surface area contributed by atoms with Gasteiger partial charge in [-0.1, -0.05) is 28.1 Å². The van der Waals surface area contributed by atoms with Gasteiger partial charge in [-0.15, -0.1) is 0 Å². The summed E-state index contributed by atoms with van der Waals surface area (Å²) in [7, 11) is 0. The second-order valence-electron chi connectivity index (χ2n) is 3.72. The SMILES string of the molecule is OCC1CCNC1c1cccc(Br)c1. The monoisotopic (exact) mass is 255 g/mol. The molecule has 3 heteroatoms. The van der Waals surface area contributed by atoms with E-state index in [0.29, 0.717) is 12.0 Å². The van der Waals surface area contributed by atoms with Crippen LogP contribution >= 0.6 is 15.9 Å². The Bertz CT molecular complexity index is 316. The number of halogens is 1. The molecule has 0 radical (unpaired) electrons. The molecule has 2 N–H and O–H groups in total. The van der Waals surface area contributed by atoms with Gasteiger partial charge in [0.15, 0.2) is 0 Å². The number of aliphatic hydroxyl groups excluding tert-OH is 1. The molecular formula is C11H14BrNO. The molecular weight excluding hydrogens is 242 g/mol. The minimum atomic E-state index is 0.268. The van der Waals surface area contributed by atoms with Gasteiger partial charge in [0.1, 0.15) is 0 Å². The molecule has 1 aromatic carbocycles. The van der Waals surface area contributed by atoms with Gasteiger partial charge in [-0.2, -0.15) is 0 Å². The van der Waals surface area contributed by atoms with E-state index in [1.807, 2.05) is 12.1 Å². The molecule has 2 atom stereocenters. The number of benzene rings is 1. The number of nitrogens with one attached hydrogen (secondary N) is 1. The van der Waals surface area contributed by atoms with Crippen molar-refractivity contribution in [3.05, 3.63) is 34.3 Å².